The smallest absolute Gasteiger partial charge is 0.261 e. The fourth-order valence-electron chi connectivity index (χ4n) is 9.29. The Morgan fingerprint density at radius 2 is 1.76 bits per heavy atom. The number of nitrogens with one attached hydrogen (secondary N) is 2. The molecular formula is C41H46F4N8O2. The molecule has 290 valence electrons. The normalized spacial score (nSPS) is 26.3. The molecule has 2 N–H and O–H groups in total. The standard InChI is InChI=1S/C41H46F4N8O2/c1-20(2)52-19-47-29-14-27(48-35(33(29)52)49-28-13-26(21(3)31(42)32(28)43)36(54)50-41(8-9-41)37(44)45)23-12-30-34(46-17-23)39(4,5)38(55)53(30)25-15-40(6,16-25)51-10-7-22-11-24(22)18-51/h12-14,17,19-20,22,24-25,37H,7-11,15-16,18H2,1-6H3,(H,48,49)(H,50,54)/t22?,24?,25-,40+. The Hall–Kier alpha value is -4.59. The summed E-state index contributed by atoms with van der Waals surface area (Å²) in [6.45, 7) is 13.5. The number of likely N-dealkylation sites (tertiary alicyclic amines) is 1. The van der Waals surface area contributed by atoms with E-state index < -0.39 is 34.9 Å². The van der Waals surface area contributed by atoms with E-state index in [-0.39, 0.29) is 59.0 Å². The third kappa shape index (κ3) is 5.63. The number of hydrogen-bond acceptors (Lipinski definition) is 7. The number of pyridine rings is 2. The van der Waals surface area contributed by atoms with Crippen molar-refractivity contribution >= 4 is 40.0 Å². The average Bonchev–Trinajstić information content (AvgIpc) is 4.04. The Labute approximate surface area is 317 Å². The third-order valence-electron chi connectivity index (χ3n) is 13.2. The second kappa shape index (κ2) is 12.2. The molecule has 2 aliphatic heterocycles. The summed E-state index contributed by atoms with van der Waals surface area (Å²) in [4.78, 5) is 46.2. The van der Waals surface area contributed by atoms with Crippen LogP contribution < -0.4 is 15.5 Å². The Bertz CT molecular complexity index is 2280. The molecule has 0 radical (unpaired) electrons. The number of aromatic nitrogens is 4. The lowest BCUT2D eigenvalue weighted by molar-refractivity contribution is -0.124. The monoisotopic (exact) mass is 758 g/mol. The number of imidazole rings is 1. The Morgan fingerprint density at radius 3 is 2.44 bits per heavy atom. The zero-order chi connectivity index (χ0) is 38.9. The van der Waals surface area contributed by atoms with Gasteiger partial charge >= 0.3 is 0 Å². The number of carbonyl (C=O) groups excluding carboxylic acids is 2. The zero-order valence-corrected chi connectivity index (χ0v) is 31.9. The first-order valence-electron chi connectivity index (χ1n) is 19.3. The average molecular weight is 759 g/mol. The molecule has 2 amide bonds. The minimum Gasteiger partial charge on any atom is -0.341 e. The van der Waals surface area contributed by atoms with E-state index in [0.29, 0.717) is 28.0 Å². The number of benzene rings is 1. The van der Waals surface area contributed by atoms with E-state index in [1.54, 1.807) is 18.6 Å². The molecule has 3 aromatic heterocycles. The first-order valence-corrected chi connectivity index (χ1v) is 19.3. The zero-order valence-electron chi connectivity index (χ0n) is 31.9. The van der Waals surface area contributed by atoms with Crippen molar-refractivity contribution in [3.63, 3.8) is 0 Å². The molecule has 1 aromatic carbocycles. The van der Waals surface area contributed by atoms with Crippen LogP contribution in [0.2, 0.25) is 0 Å². The van der Waals surface area contributed by atoms with Gasteiger partial charge in [-0.05, 0) is 117 Å². The van der Waals surface area contributed by atoms with Gasteiger partial charge in [0.1, 0.15) is 11.1 Å². The van der Waals surface area contributed by atoms with Gasteiger partial charge in [0.15, 0.2) is 17.5 Å². The van der Waals surface area contributed by atoms with Crippen LogP contribution in [0.5, 0.6) is 0 Å². The van der Waals surface area contributed by atoms with Gasteiger partial charge in [0.2, 0.25) is 5.91 Å². The summed E-state index contributed by atoms with van der Waals surface area (Å²) in [6, 6.07) is 4.80. The first kappa shape index (κ1) is 36.1. The molecule has 3 aliphatic carbocycles. The minimum absolute atomic E-state index is 0.0133. The second-order valence-electron chi connectivity index (χ2n) is 17.7. The lowest BCUT2D eigenvalue weighted by atomic mass is 9.71. The molecule has 4 aromatic rings. The number of hydrogen-bond donors (Lipinski definition) is 2. The van der Waals surface area contributed by atoms with Crippen molar-refractivity contribution in [3.8, 4) is 11.3 Å². The van der Waals surface area contributed by atoms with E-state index in [2.05, 4.69) is 27.4 Å². The number of nitrogens with zero attached hydrogens (tertiary/aromatic N) is 6. The van der Waals surface area contributed by atoms with Gasteiger partial charge in [-0.15, -0.1) is 0 Å². The second-order valence-corrected chi connectivity index (χ2v) is 17.7. The van der Waals surface area contributed by atoms with Crippen LogP contribution >= 0.6 is 0 Å². The van der Waals surface area contributed by atoms with Gasteiger partial charge in [-0.2, -0.15) is 0 Å². The van der Waals surface area contributed by atoms with Crippen LogP contribution in [0.25, 0.3) is 22.3 Å². The van der Waals surface area contributed by atoms with Gasteiger partial charge in [-0.1, -0.05) is 0 Å². The van der Waals surface area contributed by atoms with Gasteiger partial charge in [-0.25, -0.2) is 27.5 Å². The number of carbonyl (C=O) groups is 2. The van der Waals surface area contributed by atoms with Crippen molar-refractivity contribution in [2.75, 3.05) is 23.3 Å². The summed E-state index contributed by atoms with van der Waals surface area (Å²) in [6.07, 6.45) is 5.06. The van der Waals surface area contributed by atoms with Crippen LogP contribution in [0.1, 0.15) is 101 Å². The molecule has 9 rings (SSSR count). The van der Waals surface area contributed by atoms with Gasteiger partial charge < -0.3 is 20.1 Å². The maximum atomic E-state index is 15.7. The van der Waals surface area contributed by atoms with E-state index in [1.807, 2.05) is 43.2 Å². The molecule has 14 heteroatoms. The molecule has 2 atom stereocenters. The van der Waals surface area contributed by atoms with Crippen molar-refractivity contribution in [3.05, 3.63) is 59.2 Å². The molecule has 1 saturated heterocycles. The molecule has 2 unspecified atom stereocenters. The van der Waals surface area contributed by atoms with E-state index in [9.17, 15) is 18.4 Å². The summed E-state index contributed by atoms with van der Waals surface area (Å²) in [7, 11) is 0. The van der Waals surface area contributed by atoms with E-state index in [4.69, 9.17) is 9.97 Å². The van der Waals surface area contributed by atoms with Crippen LogP contribution in [0, 0.1) is 30.4 Å². The van der Waals surface area contributed by atoms with Crippen LogP contribution in [0.3, 0.4) is 0 Å². The van der Waals surface area contributed by atoms with Crippen LogP contribution in [0.15, 0.2) is 30.7 Å². The predicted molar refractivity (Wildman–Crippen MR) is 201 cm³/mol. The summed E-state index contributed by atoms with van der Waals surface area (Å²) < 4.78 is 60.3. The van der Waals surface area contributed by atoms with Crippen LogP contribution in [0.4, 0.5) is 34.8 Å². The quantitative estimate of drug-likeness (QED) is 0.168. The van der Waals surface area contributed by atoms with E-state index in [1.165, 1.54) is 19.8 Å². The number of rotatable bonds is 9. The predicted octanol–water partition coefficient (Wildman–Crippen LogP) is 7.82. The SMILES string of the molecule is Cc1c(C(=O)NC2(C(F)F)CC2)cc(Nc2nc(-c3cnc4c(c3)N([C@H]3C[C@@](C)(N5CCC6CC6C5)C3)C(=O)C4(C)C)cc3ncn(C(C)C)c23)c(F)c1F. The number of alkyl halides is 2. The fourth-order valence-corrected chi connectivity index (χ4v) is 9.29. The molecule has 0 bridgehead atoms. The molecule has 5 heterocycles. The van der Waals surface area contributed by atoms with Gasteiger partial charge in [0.05, 0.1) is 40.0 Å². The number of piperidine rings is 1. The van der Waals surface area contributed by atoms with Crippen molar-refractivity contribution in [1.29, 1.82) is 0 Å². The number of anilines is 3. The highest BCUT2D eigenvalue weighted by Gasteiger charge is 2.57. The Kier molecular flexibility index (Phi) is 8.00. The Morgan fingerprint density at radius 1 is 1.02 bits per heavy atom. The maximum Gasteiger partial charge on any atom is 0.261 e. The molecule has 0 spiro atoms. The van der Waals surface area contributed by atoms with Crippen molar-refractivity contribution in [2.45, 2.75) is 115 Å². The third-order valence-corrected chi connectivity index (χ3v) is 13.2. The number of halogens is 4. The molecule has 3 saturated carbocycles. The van der Waals surface area contributed by atoms with E-state index >= 15 is 8.78 Å². The van der Waals surface area contributed by atoms with Gasteiger partial charge in [0.25, 0.3) is 12.3 Å². The highest BCUT2D eigenvalue weighted by Crippen LogP contribution is 2.53. The number of amides is 2. The van der Waals surface area contributed by atoms with Crippen LogP contribution in [-0.4, -0.2) is 72.9 Å². The largest absolute Gasteiger partial charge is 0.341 e. The van der Waals surface area contributed by atoms with Gasteiger partial charge in [0, 0.05) is 47.1 Å². The highest BCUT2D eigenvalue weighted by molar-refractivity contribution is 6.08. The fraction of sp³-hybridized carbons (Fsp3) is 0.537. The summed E-state index contributed by atoms with van der Waals surface area (Å²) in [5.74, 6) is -1.57. The molecule has 4 fully saturated rings. The van der Waals surface area contributed by atoms with Gasteiger partial charge in [-0.3, -0.25) is 19.5 Å². The van der Waals surface area contributed by atoms with Crippen molar-refractivity contribution < 1.29 is 27.2 Å². The topological polar surface area (TPSA) is 108 Å². The van der Waals surface area contributed by atoms with Crippen molar-refractivity contribution in [1.82, 2.24) is 29.7 Å². The first-order chi connectivity index (χ1) is 26.0. The maximum absolute atomic E-state index is 15.7. The van der Waals surface area contributed by atoms with Crippen LogP contribution in [-0.2, 0) is 10.2 Å². The minimum atomic E-state index is -2.79. The van der Waals surface area contributed by atoms with Crippen molar-refractivity contribution in [2.24, 2.45) is 11.8 Å². The molecule has 10 nitrogen and oxygen atoms in total. The summed E-state index contributed by atoms with van der Waals surface area (Å²) in [5.41, 5.74) is 0.106. The lowest BCUT2D eigenvalue weighted by Crippen LogP contribution is -2.64. The molecule has 5 aliphatic rings. The summed E-state index contributed by atoms with van der Waals surface area (Å²) in [5, 5.41) is 5.27. The summed E-state index contributed by atoms with van der Waals surface area (Å²) >= 11 is 0. The Balaban J connectivity index is 1.07. The molecular weight excluding hydrogens is 712 g/mol. The van der Waals surface area contributed by atoms with E-state index in [0.717, 1.165) is 49.5 Å². The number of fused-ring (bicyclic) bond motifs is 3. The highest BCUT2D eigenvalue weighted by atomic mass is 19.3. The lowest BCUT2D eigenvalue weighted by Gasteiger charge is -2.55. The molecule has 55 heavy (non-hydrogen) atoms.